The van der Waals surface area contributed by atoms with Gasteiger partial charge < -0.3 is 9.15 Å². The second-order valence-corrected chi connectivity index (χ2v) is 7.28. The van der Waals surface area contributed by atoms with Gasteiger partial charge in [-0.1, -0.05) is 36.4 Å². The van der Waals surface area contributed by atoms with Gasteiger partial charge >= 0.3 is 5.97 Å². The van der Waals surface area contributed by atoms with Crippen molar-refractivity contribution in [1.82, 2.24) is 20.2 Å². The monoisotopic (exact) mass is 402 g/mol. The lowest BCUT2D eigenvalue weighted by molar-refractivity contribution is 0.0457. The molecular weight excluding hydrogens is 384 g/mol. The van der Waals surface area contributed by atoms with Gasteiger partial charge in [-0.2, -0.15) is 0 Å². The summed E-state index contributed by atoms with van der Waals surface area (Å²) in [4.78, 5) is 25.8. The fourth-order valence-corrected chi connectivity index (χ4v) is 3.45. The Labute approximate surface area is 171 Å². The van der Waals surface area contributed by atoms with Crippen LogP contribution in [-0.4, -0.2) is 26.2 Å². The zero-order valence-electron chi connectivity index (χ0n) is 16.2. The van der Waals surface area contributed by atoms with Crippen molar-refractivity contribution in [2.75, 3.05) is 0 Å². The molecule has 0 radical (unpaired) electrons. The molecule has 0 unspecified atom stereocenters. The van der Waals surface area contributed by atoms with Crippen molar-refractivity contribution in [3.05, 3.63) is 75.7 Å². The topological polar surface area (TPSA) is 100 Å². The van der Waals surface area contributed by atoms with Gasteiger partial charge in [0.25, 0.3) is 0 Å². The Morgan fingerprint density at radius 1 is 1.17 bits per heavy atom. The minimum Gasteiger partial charge on any atom is -0.455 e. The maximum absolute atomic E-state index is 12.9. The second-order valence-electron chi connectivity index (χ2n) is 7.28. The van der Waals surface area contributed by atoms with Crippen LogP contribution in [0.15, 0.2) is 57.7 Å². The predicted molar refractivity (Wildman–Crippen MR) is 108 cm³/mol. The molecule has 1 aliphatic rings. The Morgan fingerprint density at radius 3 is 2.73 bits per heavy atom. The highest BCUT2D eigenvalue weighted by molar-refractivity contribution is 6.02. The summed E-state index contributed by atoms with van der Waals surface area (Å²) in [5.74, 6) is 0.330. The Bertz CT molecular complexity index is 1310. The average Bonchev–Trinajstić information content (AvgIpc) is 3.52. The Hall–Kier alpha value is -3.81. The quantitative estimate of drug-likeness (QED) is 0.471. The van der Waals surface area contributed by atoms with Crippen molar-refractivity contribution in [2.24, 2.45) is 0 Å². The van der Waals surface area contributed by atoms with Crippen LogP contribution in [-0.2, 0) is 11.3 Å². The van der Waals surface area contributed by atoms with Gasteiger partial charge in [0.15, 0.2) is 23.4 Å². The number of ether oxygens (including phenoxy) is 1. The van der Waals surface area contributed by atoms with Crippen molar-refractivity contribution in [3.8, 4) is 11.3 Å². The number of benzene rings is 2. The maximum Gasteiger partial charge on any atom is 0.342 e. The number of hydrogen-bond donors (Lipinski definition) is 0. The number of carbonyl (C=O) groups is 1. The number of tetrazole rings is 1. The van der Waals surface area contributed by atoms with E-state index in [1.165, 1.54) is 0 Å². The van der Waals surface area contributed by atoms with Crippen LogP contribution in [0, 0.1) is 6.92 Å². The number of carbonyl (C=O) groups excluding carboxylic acids is 1. The smallest absolute Gasteiger partial charge is 0.342 e. The molecule has 30 heavy (non-hydrogen) atoms. The lowest BCUT2D eigenvalue weighted by Gasteiger charge is -2.10. The van der Waals surface area contributed by atoms with Crippen LogP contribution in [0.1, 0.15) is 40.6 Å². The van der Waals surface area contributed by atoms with Crippen LogP contribution < -0.4 is 5.43 Å². The summed E-state index contributed by atoms with van der Waals surface area (Å²) in [5, 5.41) is 11.9. The molecule has 1 aliphatic carbocycles. The van der Waals surface area contributed by atoms with E-state index in [9.17, 15) is 9.59 Å². The molecule has 8 nitrogen and oxygen atoms in total. The summed E-state index contributed by atoms with van der Waals surface area (Å²) in [6, 6.07) is 14.5. The van der Waals surface area contributed by atoms with Gasteiger partial charge in [-0.25, -0.2) is 9.48 Å². The van der Waals surface area contributed by atoms with E-state index >= 15 is 0 Å². The molecule has 1 fully saturated rings. The molecule has 150 valence electrons. The summed E-state index contributed by atoms with van der Waals surface area (Å²) in [7, 11) is 0. The van der Waals surface area contributed by atoms with E-state index in [-0.39, 0.29) is 29.2 Å². The highest BCUT2D eigenvalue weighted by Crippen LogP contribution is 2.34. The Morgan fingerprint density at radius 2 is 1.97 bits per heavy atom. The molecule has 2 aromatic heterocycles. The lowest BCUT2D eigenvalue weighted by atomic mass is 10.0. The molecule has 0 spiro atoms. The number of fused-ring (bicyclic) bond motifs is 1. The zero-order chi connectivity index (χ0) is 20.7. The molecule has 0 N–H and O–H groups in total. The van der Waals surface area contributed by atoms with E-state index in [4.69, 9.17) is 9.15 Å². The first kappa shape index (κ1) is 18.2. The van der Waals surface area contributed by atoms with Crippen molar-refractivity contribution >= 4 is 16.9 Å². The molecule has 4 aromatic rings. The molecule has 0 saturated heterocycles. The van der Waals surface area contributed by atoms with Crippen LogP contribution in [0.5, 0.6) is 0 Å². The second kappa shape index (κ2) is 7.22. The van der Waals surface area contributed by atoms with E-state index in [0.29, 0.717) is 22.5 Å². The molecule has 0 bridgehead atoms. The van der Waals surface area contributed by atoms with Crippen LogP contribution in [0.4, 0.5) is 0 Å². The summed E-state index contributed by atoms with van der Waals surface area (Å²) in [5.41, 5.74) is 1.47. The fraction of sp³-hybridized carbons (Fsp3) is 0.227. The fourth-order valence-electron chi connectivity index (χ4n) is 3.45. The van der Waals surface area contributed by atoms with Gasteiger partial charge in [0.1, 0.15) is 11.3 Å². The van der Waals surface area contributed by atoms with Crippen LogP contribution >= 0.6 is 0 Å². The average molecular weight is 402 g/mol. The first-order chi connectivity index (χ1) is 14.6. The number of para-hydroxylation sites is 1. The normalized spacial score (nSPS) is 13.5. The van der Waals surface area contributed by atoms with Crippen molar-refractivity contribution in [1.29, 1.82) is 0 Å². The van der Waals surface area contributed by atoms with Crippen LogP contribution in [0.25, 0.3) is 22.3 Å². The van der Waals surface area contributed by atoms with Crippen molar-refractivity contribution in [3.63, 3.8) is 0 Å². The largest absolute Gasteiger partial charge is 0.455 e. The van der Waals surface area contributed by atoms with Gasteiger partial charge in [-0.05, 0) is 42.3 Å². The van der Waals surface area contributed by atoms with Gasteiger partial charge in [0.05, 0.1) is 11.4 Å². The molecule has 0 amide bonds. The molecule has 1 saturated carbocycles. The molecule has 8 heteroatoms. The Balaban J connectivity index is 1.52. The summed E-state index contributed by atoms with van der Waals surface area (Å²) in [6.45, 7) is 1.66. The van der Waals surface area contributed by atoms with Crippen molar-refractivity contribution < 1.29 is 13.9 Å². The SMILES string of the molecule is Cc1c(-c2ccccc2)oc2c(C(=O)OCc3nnnn3C3CC3)cccc2c1=O. The number of hydrogen-bond acceptors (Lipinski definition) is 7. The molecule has 2 aromatic carbocycles. The lowest BCUT2D eigenvalue weighted by Crippen LogP contribution is -2.13. The van der Waals surface area contributed by atoms with E-state index in [1.54, 1.807) is 29.8 Å². The molecule has 0 atom stereocenters. The molecule has 5 rings (SSSR count). The summed E-state index contributed by atoms with van der Waals surface area (Å²) < 4.78 is 13.2. The molecule has 2 heterocycles. The number of esters is 1. The highest BCUT2D eigenvalue weighted by atomic mass is 16.5. The van der Waals surface area contributed by atoms with Gasteiger partial charge in [0.2, 0.25) is 0 Å². The Kier molecular flexibility index (Phi) is 4.39. The molecule has 0 aliphatic heterocycles. The summed E-state index contributed by atoms with van der Waals surface area (Å²) >= 11 is 0. The third kappa shape index (κ3) is 3.16. The van der Waals surface area contributed by atoms with E-state index in [2.05, 4.69) is 15.5 Å². The molecular formula is C22H18N4O4. The first-order valence-corrected chi connectivity index (χ1v) is 9.69. The van der Waals surface area contributed by atoms with Crippen molar-refractivity contribution in [2.45, 2.75) is 32.4 Å². The van der Waals surface area contributed by atoms with E-state index in [0.717, 1.165) is 18.4 Å². The van der Waals surface area contributed by atoms with E-state index < -0.39 is 5.97 Å². The van der Waals surface area contributed by atoms with Gasteiger partial charge in [-0.3, -0.25) is 4.79 Å². The minimum absolute atomic E-state index is 0.0552. The van der Waals surface area contributed by atoms with E-state index in [1.807, 2.05) is 30.3 Å². The third-order valence-corrected chi connectivity index (χ3v) is 5.19. The minimum atomic E-state index is -0.600. The van der Waals surface area contributed by atoms with Crippen LogP contribution in [0.2, 0.25) is 0 Å². The van der Waals surface area contributed by atoms with Gasteiger partial charge in [-0.15, -0.1) is 5.10 Å². The predicted octanol–water partition coefficient (Wildman–Crippen LogP) is 3.45. The maximum atomic E-state index is 12.9. The summed E-state index contributed by atoms with van der Waals surface area (Å²) in [6.07, 6.45) is 2.03. The number of nitrogens with zero attached hydrogens (tertiary/aromatic N) is 4. The number of aromatic nitrogens is 4. The first-order valence-electron chi connectivity index (χ1n) is 9.69. The highest BCUT2D eigenvalue weighted by Gasteiger charge is 2.28. The third-order valence-electron chi connectivity index (χ3n) is 5.19. The number of rotatable bonds is 5. The standard InChI is InChI=1S/C22H18N4O4/c1-13-19(27)16-8-5-9-17(21(16)30-20(13)14-6-3-2-4-7-14)22(28)29-12-18-23-24-25-26(18)15-10-11-15/h2-9,15H,10-12H2,1H3. The van der Waals surface area contributed by atoms with Crippen LogP contribution in [0.3, 0.4) is 0 Å². The van der Waals surface area contributed by atoms with Gasteiger partial charge in [0, 0.05) is 11.1 Å². The zero-order valence-corrected chi connectivity index (χ0v) is 16.2.